The van der Waals surface area contributed by atoms with Gasteiger partial charge >= 0.3 is 0 Å². The van der Waals surface area contributed by atoms with E-state index >= 15 is 0 Å². The summed E-state index contributed by atoms with van der Waals surface area (Å²) in [6.45, 7) is 0.525. The van der Waals surface area contributed by atoms with Crippen molar-refractivity contribution in [1.29, 1.82) is 0 Å². The van der Waals surface area contributed by atoms with Crippen molar-refractivity contribution in [2.45, 2.75) is 0 Å². The van der Waals surface area contributed by atoms with Crippen LogP contribution in [0.3, 0.4) is 0 Å². The van der Waals surface area contributed by atoms with E-state index in [2.05, 4.69) is 5.32 Å². The van der Waals surface area contributed by atoms with Crippen LogP contribution in [0.4, 0.5) is 11.4 Å². The molecule has 1 amide bonds. The lowest BCUT2D eigenvalue weighted by Gasteiger charge is -2.29. The Kier molecular flexibility index (Phi) is 4.38. The van der Waals surface area contributed by atoms with Gasteiger partial charge < -0.3 is 10.1 Å². The number of nitrogens with one attached hydrogen (secondary N) is 1. The minimum absolute atomic E-state index is 0.237. The number of ether oxygens (including phenoxy) is 1. The standard InChI is InChI=1S/C16H15ClN2O4S/c1-24(21,22)19-8-9-23-15-7-6-13(10-14(15)19)18-16(20)11-2-4-12(17)5-3-11/h2-7,10H,8-9H2,1H3,(H,18,20). The minimum atomic E-state index is -3.42. The van der Waals surface area contributed by atoms with Crippen molar-refractivity contribution in [3.8, 4) is 5.75 Å². The number of amides is 1. The second-order valence-corrected chi connectivity index (χ2v) is 7.67. The van der Waals surface area contributed by atoms with Crippen LogP contribution < -0.4 is 14.4 Å². The number of rotatable bonds is 3. The lowest BCUT2D eigenvalue weighted by Crippen LogP contribution is -2.37. The van der Waals surface area contributed by atoms with Gasteiger partial charge in [-0.05, 0) is 42.5 Å². The van der Waals surface area contributed by atoms with Crippen LogP contribution in [0.25, 0.3) is 0 Å². The maximum absolute atomic E-state index is 12.3. The predicted octanol–water partition coefficient (Wildman–Crippen LogP) is 2.75. The molecule has 1 aliphatic heterocycles. The average molecular weight is 367 g/mol. The molecular weight excluding hydrogens is 352 g/mol. The average Bonchev–Trinajstić information content (AvgIpc) is 2.54. The molecule has 1 N–H and O–H groups in total. The van der Waals surface area contributed by atoms with Gasteiger partial charge in [-0.15, -0.1) is 0 Å². The Morgan fingerprint density at radius 3 is 2.58 bits per heavy atom. The lowest BCUT2D eigenvalue weighted by molar-refractivity contribution is 0.102. The maximum Gasteiger partial charge on any atom is 0.255 e. The second-order valence-electron chi connectivity index (χ2n) is 5.33. The van der Waals surface area contributed by atoms with E-state index in [9.17, 15) is 13.2 Å². The first-order chi connectivity index (χ1) is 11.3. The molecule has 0 saturated heterocycles. The van der Waals surface area contributed by atoms with Gasteiger partial charge in [0.05, 0.1) is 18.5 Å². The van der Waals surface area contributed by atoms with Crippen LogP contribution in [0.5, 0.6) is 5.75 Å². The number of halogens is 1. The molecule has 0 spiro atoms. The molecule has 0 bridgehead atoms. The fourth-order valence-corrected chi connectivity index (χ4v) is 3.45. The van der Waals surface area contributed by atoms with Gasteiger partial charge in [0.15, 0.2) is 0 Å². The van der Waals surface area contributed by atoms with Gasteiger partial charge in [-0.1, -0.05) is 11.6 Å². The van der Waals surface area contributed by atoms with E-state index < -0.39 is 10.0 Å². The molecule has 126 valence electrons. The normalized spacial score (nSPS) is 13.8. The van der Waals surface area contributed by atoms with Crippen molar-refractivity contribution >= 4 is 38.9 Å². The van der Waals surface area contributed by atoms with E-state index in [0.29, 0.717) is 27.7 Å². The molecule has 0 aromatic heterocycles. The number of anilines is 2. The highest BCUT2D eigenvalue weighted by Crippen LogP contribution is 2.35. The number of benzene rings is 2. The SMILES string of the molecule is CS(=O)(=O)N1CCOc2ccc(NC(=O)c3ccc(Cl)cc3)cc21. The van der Waals surface area contributed by atoms with Crippen LogP contribution in [0.2, 0.25) is 5.02 Å². The van der Waals surface area contributed by atoms with Gasteiger partial charge in [-0.3, -0.25) is 9.10 Å². The molecule has 0 unspecified atom stereocenters. The fourth-order valence-electron chi connectivity index (χ4n) is 2.42. The molecular formula is C16H15ClN2O4S. The smallest absolute Gasteiger partial charge is 0.255 e. The third-order valence-corrected chi connectivity index (χ3v) is 4.98. The molecule has 2 aromatic carbocycles. The van der Waals surface area contributed by atoms with E-state index in [1.165, 1.54) is 4.31 Å². The fraction of sp³-hybridized carbons (Fsp3) is 0.188. The summed E-state index contributed by atoms with van der Waals surface area (Å²) in [5, 5.41) is 3.28. The zero-order valence-corrected chi connectivity index (χ0v) is 14.4. The number of fused-ring (bicyclic) bond motifs is 1. The van der Waals surface area contributed by atoms with Crippen LogP contribution in [0, 0.1) is 0 Å². The summed E-state index contributed by atoms with van der Waals surface area (Å²) >= 11 is 5.81. The second kappa shape index (κ2) is 6.33. The first-order valence-electron chi connectivity index (χ1n) is 7.16. The van der Waals surface area contributed by atoms with Crippen molar-refractivity contribution in [3.05, 3.63) is 53.1 Å². The molecule has 0 atom stereocenters. The van der Waals surface area contributed by atoms with Gasteiger partial charge in [-0.25, -0.2) is 8.42 Å². The molecule has 0 radical (unpaired) electrons. The topological polar surface area (TPSA) is 75.7 Å². The molecule has 8 heteroatoms. The summed E-state index contributed by atoms with van der Waals surface area (Å²) in [6.07, 6.45) is 1.14. The van der Waals surface area contributed by atoms with Crippen molar-refractivity contribution < 1.29 is 17.9 Å². The first-order valence-corrected chi connectivity index (χ1v) is 9.39. The third kappa shape index (κ3) is 3.47. The zero-order valence-electron chi connectivity index (χ0n) is 12.8. The monoisotopic (exact) mass is 366 g/mol. The Bertz CT molecular complexity index is 881. The number of nitrogens with zero attached hydrogens (tertiary/aromatic N) is 1. The van der Waals surface area contributed by atoms with E-state index in [1.807, 2.05) is 0 Å². The zero-order chi connectivity index (χ0) is 17.3. The van der Waals surface area contributed by atoms with Crippen LogP contribution in [0.15, 0.2) is 42.5 Å². The number of hydrogen-bond donors (Lipinski definition) is 1. The molecule has 0 aliphatic carbocycles. The summed E-state index contributed by atoms with van der Waals surface area (Å²) in [4.78, 5) is 12.3. The van der Waals surface area contributed by atoms with E-state index in [4.69, 9.17) is 16.3 Å². The van der Waals surface area contributed by atoms with Crippen LogP contribution >= 0.6 is 11.6 Å². The van der Waals surface area contributed by atoms with Crippen molar-refractivity contribution in [2.24, 2.45) is 0 Å². The highest BCUT2D eigenvalue weighted by Gasteiger charge is 2.25. The largest absolute Gasteiger partial charge is 0.489 e. The highest BCUT2D eigenvalue weighted by molar-refractivity contribution is 7.92. The Balaban J connectivity index is 1.88. The van der Waals surface area contributed by atoms with Gasteiger partial charge in [0, 0.05) is 16.3 Å². The maximum atomic E-state index is 12.3. The van der Waals surface area contributed by atoms with Crippen LogP contribution in [0.1, 0.15) is 10.4 Å². The molecule has 2 aromatic rings. The number of carbonyl (C=O) groups is 1. The molecule has 6 nitrogen and oxygen atoms in total. The number of hydrogen-bond acceptors (Lipinski definition) is 4. The molecule has 0 fully saturated rings. The van der Waals surface area contributed by atoms with Gasteiger partial charge in [-0.2, -0.15) is 0 Å². The summed E-state index contributed by atoms with van der Waals surface area (Å²) in [5.41, 5.74) is 1.35. The molecule has 24 heavy (non-hydrogen) atoms. The van der Waals surface area contributed by atoms with Gasteiger partial charge in [0.25, 0.3) is 5.91 Å². The van der Waals surface area contributed by atoms with Crippen molar-refractivity contribution in [1.82, 2.24) is 0 Å². The lowest BCUT2D eigenvalue weighted by atomic mass is 10.2. The Morgan fingerprint density at radius 2 is 1.92 bits per heavy atom. The Hall–Kier alpha value is -2.25. The van der Waals surface area contributed by atoms with E-state index in [1.54, 1.807) is 42.5 Å². The summed E-state index contributed by atoms with van der Waals surface area (Å²) in [5.74, 6) is 0.158. The quantitative estimate of drug-likeness (QED) is 0.906. The first kappa shape index (κ1) is 16.6. The van der Waals surface area contributed by atoms with E-state index in [-0.39, 0.29) is 19.1 Å². The number of carbonyl (C=O) groups excluding carboxylic acids is 1. The molecule has 1 heterocycles. The van der Waals surface area contributed by atoms with Gasteiger partial charge in [0.1, 0.15) is 12.4 Å². The minimum Gasteiger partial charge on any atom is -0.489 e. The molecule has 0 saturated carbocycles. The van der Waals surface area contributed by atoms with Crippen molar-refractivity contribution in [3.63, 3.8) is 0 Å². The number of sulfonamides is 1. The van der Waals surface area contributed by atoms with E-state index in [0.717, 1.165) is 6.26 Å². The molecule has 3 rings (SSSR count). The summed E-state index contributed by atoms with van der Waals surface area (Å²) < 4.78 is 30.6. The third-order valence-electron chi connectivity index (χ3n) is 3.54. The molecule has 1 aliphatic rings. The Labute approximate surface area is 145 Å². The van der Waals surface area contributed by atoms with Crippen LogP contribution in [-0.2, 0) is 10.0 Å². The highest BCUT2D eigenvalue weighted by atomic mass is 35.5. The van der Waals surface area contributed by atoms with Gasteiger partial charge in [0.2, 0.25) is 10.0 Å². The summed E-state index contributed by atoms with van der Waals surface area (Å²) in [7, 11) is -3.42. The van der Waals surface area contributed by atoms with Crippen LogP contribution in [-0.4, -0.2) is 33.7 Å². The Morgan fingerprint density at radius 1 is 1.21 bits per heavy atom. The van der Waals surface area contributed by atoms with Crippen molar-refractivity contribution in [2.75, 3.05) is 29.0 Å². The predicted molar refractivity (Wildman–Crippen MR) is 93.5 cm³/mol. The summed E-state index contributed by atoms with van der Waals surface area (Å²) in [6, 6.07) is 11.4.